The van der Waals surface area contributed by atoms with E-state index in [1.807, 2.05) is 0 Å². The first kappa shape index (κ1) is 14.1. The summed E-state index contributed by atoms with van der Waals surface area (Å²) in [6.07, 6.45) is 3.90. The fraction of sp³-hybridized carbons (Fsp3) is 0.545. The van der Waals surface area contributed by atoms with Gasteiger partial charge >= 0.3 is 6.09 Å². The molecule has 1 aliphatic rings. The van der Waals surface area contributed by atoms with Crippen LogP contribution in [0.3, 0.4) is 0 Å². The fourth-order valence-corrected chi connectivity index (χ4v) is 2.47. The van der Waals surface area contributed by atoms with Crippen LogP contribution in [0.5, 0.6) is 0 Å². The van der Waals surface area contributed by atoms with Gasteiger partial charge in [-0.1, -0.05) is 11.6 Å². The Morgan fingerprint density at radius 1 is 1.47 bits per heavy atom. The molecule has 2 atom stereocenters. The number of halogens is 2. The Morgan fingerprint density at radius 3 is 3.00 bits per heavy atom. The monoisotopic (exact) mass is 304 g/mol. The molecular weight excluding hydrogens is 291 g/mol. The topological polar surface area (TPSA) is 90.1 Å². The van der Waals surface area contributed by atoms with Crippen LogP contribution < -0.4 is 11.1 Å². The van der Waals surface area contributed by atoms with Gasteiger partial charge in [0.1, 0.15) is 16.9 Å². The highest BCUT2D eigenvalue weighted by molar-refractivity contribution is 6.33. The predicted molar refractivity (Wildman–Crippen MR) is 72.4 cm³/mol. The zero-order valence-electron chi connectivity index (χ0n) is 10.1. The standard InChI is InChI=1S/C11H14Cl2N4O2/c12-8-5-15-10(13)17-9(8)16-6-2-1-3-7(4-6)19-11(14)18/h5-7H,1-4H2,(H2,14,18)(H,15,16,17). The number of anilines is 1. The third-order valence-corrected chi connectivity index (χ3v) is 3.42. The first-order valence-electron chi connectivity index (χ1n) is 5.95. The minimum atomic E-state index is -0.742. The molecule has 0 aliphatic heterocycles. The molecule has 1 saturated carbocycles. The number of nitrogens with zero attached hydrogens (tertiary/aromatic N) is 2. The number of carbonyl (C=O) groups excluding carboxylic acids is 1. The average Bonchev–Trinajstić information content (AvgIpc) is 2.33. The van der Waals surface area contributed by atoms with Crippen molar-refractivity contribution in [3.63, 3.8) is 0 Å². The summed E-state index contributed by atoms with van der Waals surface area (Å²) in [4.78, 5) is 18.6. The van der Waals surface area contributed by atoms with Crippen LogP contribution >= 0.6 is 23.2 Å². The molecule has 1 aromatic rings. The van der Waals surface area contributed by atoms with E-state index < -0.39 is 6.09 Å². The van der Waals surface area contributed by atoms with Crippen molar-refractivity contribution in [3.05, 3.63) is 16.5 Å². The zero-order valence-corrected chi connectivity index (χ0v) is 11.6. The number of aromatic nitrogens is 2. The van der Waals surface area contributed by atoms with Crippen LogP contribution in [0.25, 0.3) is 0 Å². The molecule has 0 radical (unpaired) electrons. The Balaban J connectivity index is 1.98. The molecule has 0 bridgehead atoms. The molecule has 6 nitrogen and oxygen atoms in total. The summed E-state index contributed by atoms with van der Waals surface area (Å²) in [7, 11) is 0. The predicted octanol–water partition coefficient (Wildman–Crippen LogP) is 2.60. The van der Waals surface area contributed by atoms with Crippen LogP contribution in [0.4, 0.5) is 10.6 Å². The van der Waals surface area contributed by atoms with Crippen molar-refractivity contribution in [2.24, 2.45) is 5.73 Å². The second-order valence-corrected chi connectivity index (χ2v) is 5.15. The van der Waals surface area contributed by atoms with Crippen LogP contribution in [-0.4, -0.2) is 28.2 Å². The molecule has 3 N–H and O–H groups in total. The van der Waals surface area contributed by atoms with Gasteiger partial charge in [-0.25, -0.2) is 9.78 Å². The Labute approximate surface area is 120 Å². The van der Waals surface area contributed by atoms with Gasteiger partial charge in [0.05, 0.1) is 6.20 Å². The van der Waals surface area contributed by atoms with Gasteiger partial charge in [-0.3, -0.25) is 0 Å². The maximum absolute atomic E-state index is 10.8. The highest BCUT2D eigenvalue weighted by Crippen LogP contribution is 2.26. The molecule has 0 spiro atoms. The summed E-state index contributed by atoms with van der Waals surface area (Å²) >= 11 is 11.7. The quantitative estimate of drug-likeness (QED) is 0.838. The normalized spacial score (nSPS) is 22.8. The molecular formula is C11H14Cl2N4O2. The number of hydrogen-bond donors (Lipinski definition) is 2. The Kier molecular flexibility index (Phi) is 4.66. The third kappa shape index (κ3) is 4.11. The first-order valence-corrected chi connectivity index (χ1v) is 6.71. The number of ether oxygens (including phenoxy) is 1. The van der Waals surface area contributed by atoms with Crippen LogP contribution in [0.2, 0.25) is 10.3 Å². The second-order valence-electron chi connectivity index (χ2n) is 4.40. The van der Waals surface area contributed by atoms with Crippen molar-refractivity contribution < 1.29 is 9.53 Å². The molecule has 0 saturated heterocycles. The van der Waals surface area contributed by atoms with Crippen molar-refractivity contribution in [2.75, 3.05) is 5.32 Å². The lowest BCUT2D eigenvalue weighted by molar-refractivity contribution is 0.0796. The summed E-state index contributed by atoms with van der Waals surface area (Å²) in [6, 6.07) is 0.113. The maximum atomic E-state index is 10.8. The molecule has 19 heavy (non-hydrogen) atoms. The van der Waals surface area contributed by atoms with Crippen LogP contribution in [0.15, 0.2) is 6.20 Å². The third-order valence-electron chi connectivity index (χ3n) is 2.96. The fourth-order valence-electron chi connectivity index (χ4n) is 2.19. The van der Waals surface area contributed by atoms with E-state index in [1.54, 1.807) is 0 Å². The summed E-state index contributed by atoms with van der Waals surface area (Å²) in [6.45, 7) is 0. The van der Waals surface area contributed by atoms with Gasteiger partial charge in [-0.05, 0) is 30.9 Å². The van der Waals surface area contributed by atoms with Gasteiger partial charge in [0.25, 0.3) is 0 Å². The largest absolute Gasteiger partial charge is 0.446 e. The van der Waals surface area contributed by atoms with Crippen LogP contribution in [-0.2, 0) is 4.74 Å². The molecule has 104 valence electrons. The van der Waals surface area contributed by atoms with Gasteiger partial charge in [0, 0.05) is 12.5 Å². The van der Waals surface area contributed by atoms with Crippen molar-refractivity contribution in [3.8, 4) is 0 Å². The van der Waals surface area contributed by atoms with E-state index in [0.717, 1.165) is 19.3 Å². The molecule has 1 amide bonds. The number of primary amides is 1. The van der Waals surface area contributed by atoms with E-state index in [4.69, 9.17) is 33.7 Å². The lowest BCUT2D eigenvalue weighted by Crippen LogP contribution is -2.34. The Morgan fingerprint density at radius 2 is 2.26 bits per heavy atom. The van der Waals surface area contributed by atoms with Crippen molar-refractivity contribution >= 4 is 35.1 Å². The SMILES string of the molecule is NC(=O)OC1CCCC(Nc2nc(Cl)ncc2Cl)C1. The molecule has 0 aromatic carbocycles. The average molecular weight is 305 g/mol. The van der Waals surface area contributed by atoms with Gasteiger partial charge in [-0.2, -0.15) is 4.98 Å². The Hall–Kier alpha value is -1.27. The summed E-state index contributed by atoms with van der Waals surface area (Å²) in [5.41, 5.74) is 5.02. The van der Waals surface area contributed by atoms with Gasteiger partial charge in [0.15, 0.2) is 0 Å². The minimum Gasteiger partial charge on any atom is -0.446 e. The van der Waals surface area contributed by atoms with E-state index >= 15 is 0 Å². The van der Waals surface area contributed by atoms with Gasteiger partial charge < -0.3 is 15.8 Å². The smallest absolute Gasteiger partial charge is 0.404 e. The molecule has 1 aliphatic carbocycles. The lowest BCUT2D eigenvalue weighted by Gasteiger charge is -2.29. The highest BCUT2D eigenvalue weighted by Gasteiger charge is 2.25. The number of hydrogen-bond acceptors (Lipinski definition) is 5. The van der Waals surface area contributed by atoms with Crippen molar-refractivity contribution in [2.45, 2.75) is 37.8 Å². The molecule has 2 rings (SSSR count). The molecule has 8 heteroatoms. The number of amides is 1. The summed E-state index contributed by atoms with van der Waals surface area (Å²) in [5, 5.41) is 3.73. The van der Waals surface area contributed by atoms with Crippen molar-refractivity contribution in [1.29, 1.82) is 0 Å². The molecule has 1 fully saturated rings. The van der Waals surface area contributed by atoms with E-state index in [9.17, 15) is 4.79 Å². The van der Waals surface area contributed by atoms with Crippen molar-refractivity contribution in [1.82, 2.24) is 9.97 Å². The molecule has 1 heterocycles. The number of nitrogens with two attached hydrogens (primary N) is 1. The zero-order chi connectivity index (χ0) is 13.8. The molecule has 1 aromatic heterocycles. The van der Waals surface area contributed by atoms with E-state index in [1.165, 1.54) is 6.20 Å². The lowest BCUT2D eigenvalue weighted by atomic mass is 9.93. The number of carbonyl (C=O) groups is 1. The minimum absolute atomic E-state index is 0.113. The first-order chi connectivity index (χ1) is 9.04. The summed E-state index contributed by atoms with van der Waals surface area (Å²) in [5.74, 6) is 0.492. The Bertz CT molecular complexity index is 472. The van der Waals surface area contributed by atoms with Crippen LogP contribution in [0.1, 0.15) is 25.7 Å². The van der Waals surface area contributed by atoms with E-state index in [2.05, 4.69) is 15.3 Å². The van der Waals surface area contributed by atoms with Gasteiger partial charge in [0.2, 0.25) is 5.28 Å². The number of rotatable bonds is 3. The van der Waals surface area contributed by atoms with E-state index in [0.29, 0.717) is 17.3 Å². The maximum Gasteiger partial charge on any atom is 0.404 e. The second kappa shape index (κ2) is 6.25. The van der Waals surface area contributed by atoms with E-state index in [-0.39, 0.29) is 17.4 Å². The van der Waals surface area contributed by atoms with Crippen LogP contribution in [0, 0.1) is 0 Å². The number of nitrogens with one attached hydrogen (secondary N) is 1. The molecule has 2 unspecified atom stereocenters. The van der Waals surface area contributed by atoms with Gasteiger partial charge in [-0.15, -0.1) is 0 Å². The highest BCUT2D eigenvalue weighted by atomic mass is 35.5. The summed E-state index contributed by atoms with van der Waals surface area (Å²) < 4.78 is 5.02.